The fourth-order valence-corrected chi connectivity index (χ4v) is 2.93. The second kappa shape index (κ2) is 7.51. The third-order valence-electron chi connectivity index (χ3n) is 4.32. The molecule has 0 amide bonds. The van der Waals surface area contributed by atoms with Gasteiger partial charge >= 0.3 is 0 Å². The zero-order valence-electron chi connectivity index (χ0n) is 16.0. The minimum absolute atomic E-state index is 0.587. The molecular formula is C19H25N7. The minimum Gasteiger partial charge on any atom is -0.372 e. The lowest BCUT2D eigenvalue weighted by Crippen LogP contribution is -2.21. The average Bonchev–Trinajstić information content (AvgIpc) is 3.16. The van der Waals surface area contributed by atoms with Crippen LogP contribution < -0.4 is 4.90 Å². The van der Waals surface area contributed by atoms with Crippen molar-refractivity contribution in [2.45, 2.75) is 34.6 Å². The fraction of sp³-hybridized carbons (Fsp3) is 0.368. The van der Waals surface area contributed by atoms with E-state index in [4.69, 9.17) is 0 Å². The van der Waals surface area contributed by atoms with Crippen LogP contribution in [0.5, 0.6) is 0 Å². The molecule has 0 aliphatic rings. The molecule has 0 aliphatic carbocycles. The minimum atomic E-state index is 0.587. The predicted molar refractivity (Wildman–Crippen MR) is 104 cm³/mol. The van der Waals surface area contributed by atoms with Crippen LogP contribution in [0.1, 0.15) is 36.6 Å². The summed E-state index contributed by atoms with van der Waals surface area (Å²) in [5, 5.41) is 17.4. The standard InChI is InChI=1S/C19H25N7/c1-6-24(7-2)18-10-8-17(9-11-18)13-20-26-16(5)21-22-19(26)25-15(4)12-14(3)23-25/h8-13H,6-7H2,1-5H3/b20-13-. The van der Waals surface area contributed by atoms with Crippen molar-refractivity contribution in [1.82, 2.24) is 24.7 Å². The SMILES string of the molecule is CCN(CC)c1ccc(/C=N\n2c(C)nnc2-n2nc(C)cc2C)cc1. The zero-order chi connectivity index (χ0) is 18.7. The van der Waals surface area contributed by atoms with Crippen LogP contribution in [-0.4, -0.2) is 44.0 Å². The van der Waals surface area contributed by atoms with Gasteiger partial charge in [-0.25, -0.2) is 4.68 Å². The predicted octanol–water partition coefficient (Wildman–Crippen LogP) is 3.12. The molecule has 2 heterocycles. The van der Waals surface area contributed by atoms with E-state index in [2.05, 4.69) is 63.4 Å². The monoisotopic (exact) mass is 351 g/mol. The lowest BCUT2D eigenvalue weighted by atomic mass is 10.2. The first-order valence-corrected chi connectivity index (χ1v) is 8.88. The van der Waals surface area contributed by atoms with Crippen LogP contribution in [0.25, 0.3) is 5.95 Å². The summed E-state index contributed by atoms with van der Waals surface area (Å²) in [5.74, 6) is 1.30. The Morgan fingerprint density at radius 3 is 2.31 bits per heavy atom. The fourth-order valence-electron chi connectivity index (χ4n) is 2.93. The Kier molecular flexibility index (Phi) is 5.16. The maximum atomic E-state index is 4.57. The van der Waals surface area contributed by atoms with E-state index in [1.807, 2.05) is 33.1 Å². The van der Waals surface area contributed by atoms with Gasteiger partial charge in [-0.05, 0) is 58.4 Å². The van der Waals surface area contributed by atoms with Crippen molar-refractivity contribution in [2.75, 3.05) is 18.0 Å². The van der Waals surface area contributed by atoms with E-state index in [0.717, 1.165) is 30.0 Å². The van der Waals surface area contributed by atoms with Crippen LogP contribution in [0.3, 0.4) is 0 Å². The van der Waals surface area contributed by atoms with Crippen molar-refractivity contribution in [3.8, 4) is 5.95 Å². The van der Waals surface area contributed by atoms with Gasteiger partial charge in [0.1, 0.15) is 0 Å². The van der Waals surface area contributed by atoms with E-state index in [1.165, 1.54) is 5.69 Å². The second-order valence-corrected chi connectivity index (χ2v) is 6.21. The van der Waals surface area contributed by atoms with E-state index >= 15 is 0 Å². The smallest absolute Gasteiger partial charge is 0.273 e. The van der Waals surface area contributed by atoms with Crippen molar-refractivity contribution in [2.24, 2.45) is 5.10 Å². The number of anilines is 1. The topological polar surface area (TPSA) is 64.1 Å². The molecule has 0 unspecified atom stereocenters. The molecule has 0 saturated heterocycles. The summed E-state index contributed by atoms with van der Waals surface area (Å²) >= 11 is 0. The van der Waals surface area contributed by atoms with Crippen molar-refractivity contribution >= 4 is 11.9 Å². The lowest BCUT2D eigenvalue weighted by molar-refractivity contribution is 0.708. The highest BCUT2D eigenvalue weighted by molar-refractivity contribution is 5.80. The molecule has 0 bridgehead atoms. The average molecular weight is 351 g/mol. The molecule has 0 fully saturated rings. The van der Waals surface area contributed by atoms with Gasteiger partial charge in [-0.1, -0.05) is 12.1 Å². The zero-order valence-corrected chi connectivity index (χ0v) is 16.0. The molecule has 0 aliphatic heterocycles. The first kappa shape index (κ1) is 17.8. The van der Waals surface area contributed by atoms with Crippen LogP contribution in [0.2, 0.25) is 0 Å². The lowest BCUT2D eigenvalue weighted by Gasteiger charge is -2.20. The summed E-state index contributed by atoms with van der Waals surface area (Å²) < 4.78 is 3.47. The highest BCUT2D eigenvalue weighted by Crippen LogP contribution is 2.15. The van der Waals surface area contributed by atoms with Gasteiger partial charge in [0.05, 0.1) is 11.9 Å². The van der Waals surface area contributed by atoms with Crippen molar-refractivity contribution < 1.29 is 0 Å². The molecule has 26 heavy (non-hydrogen) atoms. The molecule has 3 rings (SSSR count). The van der Waals surface area contributed by atoms with Gasteiger partial charge < -0.3 is 4.90 Å². The molecule has 7 heteroatoms. The molecular weight excluding hydrogens is 326 g/mol. The molecule has 7 nitrogen and oxygen atoms in total. The Bertz CT molecular complexity index is 899. The van der Waals surface area contributed by atoms with E-state index in [0.29, 0.717) is 11.8 Å². The summed E-state index contributed by atoms with van der Waals surface area (Å²) in [6.45, 7) is 12.1. The first-order valence-electron chi connectivity index (χ1n) is 8.88. The molecule has 136 valence electrons. The van der Waals surface area contributed by atoms with Gasteiger partial charge in [-0.15, -0.1) is 10.2 Å². The van der Waals surface area contributed by atoms with Gasteiger partial charge in [0.2, 0.25) is 0 Å². The highest BCUT2D eigenvalue weighted by atomic mass is 15.5. The summed E-state index contributed by atoms with van der Waals surface area (Å²) in [6, 6.07) is 10.4. The highest BCUT2D eigenvalue weighted by Gasteiger charge is 2.13. The Hall–Kier alpha value is -2.96. The van der Waals surface area contributed by atoms with Crippen LogP contribution in [0.4, 0.5) is 5.69 Å². The third-order valence-corrected chi connectivity index (χ3v) is 4.32. The number of aromatic nitrogens is 5. The molecule has 0 saturated carbocycles. The summed E-state index contributed by atoms with van der Waals surface area (Å²) in [4.78, 5) is 2.31. The van der Waals surface area contributed by atoms with Gasteiger partial charge in [0.15, 0.2) is 5.82 Å². The van der Waals surface area contributed by atoms with E-state index in [1.54, 1.807) is 9.36 Å². The van der Waals surface area contributed by atoms with Crippen molar-refractivity contribution in [1.29, 1.82) is 0 Å². The van der Waals surface area contributed by atoms with Crippen LogP contribution in [-0.2, 0) is 0 Å². The second-order valence-electron chi connectivity index (χ2n) is 6.21. The Labute approximate surface area is 154 Å². The quantitative estimate of drug-likeness (QED) is 0.640. The van der Waals surface area contributed by atoms with E-state index in [-0.39, 0.29) is 0 Å². The number of hydrogen-bond donors (Lipinski definition) is 0. The normalized spacial score (nSPS) is 11.4. The van der Waals surface area contributed by atoms with Crippen LogP contribution in [0.15, 0.2) is 35.4 Å². The molecule has 3 aromatic rings. The third kappa shape index (κ3) is 3.51. The Morgan fingerprint density at radius 1 is 1.04 bits per heavy atom. The van der Waals surface area contributed by atoms with Crippen LogP contribution in [0, 0.1) is 20.8 Å². The molecule has 0 spiro atoms. The van der Waals surface area contributed by atoms with E-state index < -0.39 is 0 Å². The molecule has 0 N–H and O–H groups in total. The molecule has 1 aromatic carbocycles. The molecule has 0 radical (unpaired) electrons. The largest absolute Gasteiger partial charge is 0.372 e. The number of aryl methyl sites for hydroxylation is 3. The van der Waals surface area contributed by atoms with Gasteiger partial charge in [-0.3, -0.25) is 0 Å². The van der Waals surface area contributed by atoms with Gasteiger partial charge in [0, 0.05) is 24.5 Å². The number of rotatable bonds is 6. The number of benzene rings is 1. The number of hydrogen-bond acceptors (Lipinski definition) is 5. The molecule has 0 atom stereocenters. The van der Waals surface area contributed by atoms with Gasteiger partial charge in [-0.2, -0.15) is 14.9 Å². The summed E-state index contributed by atoms with van der Waals surface area (Å²) in [6.07, 6.45) is 1.82. The van der Waals surface area contributed by atoms with Crippen molar-refractivity contribution in [3.05, 3.63) is 53.1 Å². The summed E-state index contributed by atoms with van der Waals surface area (Å²) in [7, 11) is 0. The summed E-state index contributed by atoms with van der Waals surface area (Å²) in [5.41, 5.74) is 4.17. The first-order chi connectivity index (χ1) is 12.5. The van der Waals surface area contributed by atoms with Gasteiger partial charge in [0.25, 0.3) is 5.95 Å². The van der Waals surface area contributed by atoms with Crippen molar-refractivity contribution in [3.63, 3.8) is 0 Å². The Balaban J connectivity index is 1.87. The Morgan fingerprint density at radius 2 is 1.73 bits per heavy atom. The van der Waals surface area contributed by atoms with Crippen LogP contribution >= 0.6 is 0 Å². The van der Waals surface area contributed by atoms with E-state index in [9.17, 15) is 0 Å². The molecule has 2 aromatic heterocycles. The maximum Gasteiger partial charge on any atom is 0.273 e. The maximum absolute atomic E-state index is 4.57. The number of nitrogens with zero attached hydrogens (tertiary/aromatic N) is 7.